The molecule has 0 N–H and O–H groups in total. The van der Waals surface area contributed by atoms with Crippen LogP contribution >= 0.6 is 23.2 Å². The van der Waals surface area contributed by atoms with Gasteiger partial charge in [0.05, 0.1) is 0 Å². The Balaban J connectivity index is 2.40. The standard InChI is InChI=1S/C10H6Cl2N2/c11-9-3-1-7(2-4-9)8-5-13-10(12)14-6-8/h1-6H. The van der Waals surface area contributed by atoms with E-state index in [1.807, 2.05) is 24.3 Å². The molecule has 0 aliphatic carbocycles. The summed E-state index contributed by atoms with van der Waals surface area (Å²) >= 11 is 11.4. The van der Waals surface area contributed by atoms with E-state index < -0.39 is 0 Å². The van der Waals surface area contributed by atoms with Gasteiger partial charge in [0.25, 0.3) is 0 Å². The predicted octanol–water partition coefficient (Wildman–Crippen LogP) is 3.45. The minimum absolute atomic E-state index is 0.253. The summed E-state index contributed by atoms with van der Waals surface area (Å²) in [5.74, 6) is 0. The van der Waals surface area contributed by atoms with Gasteiger partial charge in [0.1, 0.15) is 0 Å². The fourth-order valence-electron chi connectivity index (χ4n) is 1.10. The second kappa shape index (κ2) is 3.95. The van der Waals surface area contributed by atoms with E-state index in [9.17, 15) is 0 Å². The zero-order valence-electron chi connectivity index (χ0n) is 7.11. The maximum absolute atomic E-state index is 5.77. The largest absolute Gasteiger partial charge is 0.226 e. The fraction of sp³-hybridized carbons (Fsp3) is 0. The van der Waals surface area contributed by atoms with Crippen molar-refractivity contribution in [2.75, 3.05) is 0 Å². The summed E-state index contributed by atoms with van der Waals surface area (Å²) in [6, 6.07) is 7.47. The number of aromatic nitrogens is 2. The van der Waals surface area contributed by atoms with E-state index in [1.54, 1.807) is 12.4 Å². The van der Waals surface area contributed by atoms with Crippen molar-refractivity contribution in [1.82, 2.24) is 9.97 Å². The highest BCUT2D eigenvalue weighted by Crippen LogP contribution is 2.20. The lowest BCUT2D eigenvalue weighted by molar-refractivity contribution is 1.17. The molecule has 0 spiro atoms. The van der Waals surface area contributed by atoms with Crippen LogP contribution in [-0.4, -0.2) is 9.97 Å². The van der Waals surface area contributed by atoms with Gasteiger partial charge in [-0.05, 0) is 29.3 Å². The van der Waals surface area contributed by atoms with Gasteiger partial charge in [-0.25, -0.2) is 9.97 Å². The van der Waals surface area contributed by atoms with Crippen molar-refractivity contribution in [2.24, 2.45) is 0 Å². The molecular formula is C10H6Cl2N2. The van der Waals surface area contributed by atoms with Gasteiger partial charge in [0.15, 0.2) is 0 Å². The summed E-state index contributed by atoms with van der Waals surface area (Å²) in [5.41, 5.74) is 1.94. The maximum atomic E-state index is 5.77. The predicted molar refractivity (Wildman–Crippen MR) is 57.5 cm³/mol. The molecular weight excluding hydrogens is 219 g/mol. The molecule has 1 aromatic carbocycles. The quantitative estimate of drug-likeness (QED) is 0.694. The summed E-state index contributed by atoms with van der Waals surface area (Å²) in [7, 11) is 0. The molecule has 0 unspecified atom stereocenters. The first kappa shape index (κ1) is 9.44. The van der Waals surface area contributed by atoms with Crippen molar-refractivity contribution >= 4 is 23.2 Å². The first-order valence-corrected chi connectivity index (χ1v) is 4.75. The fourth-order valence-corrected chi connectivity index (χ4v) is 1.33. The molecule has 0 aliphatic rings. The molecule has 0 saturated heterocycles. The Morgan fingerprint density at radius 3 is 1.93 bits per heavy atom. The summed E-state index contributed by atoms with van der Waals surface area (Å²) in [6.45, 7) is 0. The molecule has 0 aliphatic heterocycles. The molecule has 70 valence electrons. The van der Waals surface area contributed by atoms with Crippen LogP contribution in [0.1, 0.15) is 0 Å². The molecule has 0 radical (unpaired) electrons. The van der Waals surface area contributed by atoms with Crippen molar-refractivity contribution in [3.8, 4) is 11.1 Å². The van der Waals surface area contributed by atoms with Crippen LogP contribution in [0.4, 0.5) is 0 Å². The Hall–Kier alpha value is -1.12. The normalized spacial score (nSPS) is 10.1. The van der Waals surface area contributed by atoms with Gasteiger partial charge in [-0.1, -0.05) is 23.7 Å². The van der Waals surface area contributed by atoms with Crippen LogP contribution in [0.15, 0.2) is 36.7 Å². The lowest BCUT2D eigenvalue weighted by Gasteiger charge is -1.99. The van der Waals surface area contributed by atoms with E-state index in [1.165, 1.54) is 0 Å². The van der Waals surface area contributed by atoms with Gasteiger partial charge in [0, 0.05) is 23.0 Å². The molecule has 1 heterocycles. The maximum Gasteiger partial charge on any atom is 0.222 e. The third kappa shape index (κ3) is 2.03. The Morgan fingerprint density at radius 1 is 0.786 bits per heavy atom. The van der Waals surface area contributed by atoms with Crippen molar-refractivity contribution in [3.63, 3.8) is 0 Å². The van der Waals surface area contributed by atoms with Crippen molar-refractivity contribution < 1.29 is 0 Å². The van der Waals surface area contributed by atoms with Crippen LogP contribution in [0, 0.1) is 0 Å². The summed E-state index contributed by atoms with van der Waals surface area (Å²) in [6.07, 6.45) is 3.36. The number of hydrogen-bond acceptors (Lipinski definition) is 2. The minimum atomic E-state index is 0.253. The van der Waals surface area contributed by atoms with Crippen LogP contribution in [0.2, 0.25) is 10.3 Å². The highest BCUT2D eigenvalue weighted by Gasteiger charge is 1.98. The van der Waals surface area contributed by atoms with Gasteiger partial charge in [-0.3, -0.25) is 0 Å². The zero-order valence-corrected chi connectivity index (χ0v) is 8.63. The van der Waals surface area contributed by atoms with Gasteiger partial charge in [-0.15, -0.1) is 0 Å². The van der Waals surface area contributed by atoms with Crippen LogP contribution in [0.5, 0.6) is 0 Å². The van der Waals surface area contributed by atoms with Crippen LogP contribution < -0.4 is 0 Å². The molecule has 1 aromatic heterocycles. The molecule has 0 fully saturated rings. The number of nitrogens with zero attached hydrogens (tertiary/aromatic N) is 2. The summed E-state index contributed by atoms with van der Waals surface area (Å²) < 4.78 is 0. The van der Waals surface area contributed by atoms with Gasteiger partial charge in [-0.2, -0.15) is 0 Å². The Kier molecular flexibility index (Phi) is 2.66. The zero-order chi connectivity index (χ0) is 9.97. The molecule has 0 saturated carbocycles. The molecule has 4 heteroatoms. The van der Waals surface area contributed by atoms with Crippen molar-refractivity contribution in [1.29, 1.82) is 0 Å². The monoisotopic (exact) mass is 224 g/mol. The minimum Gasteiger partial charge on any atom is -0.226 e. The van der Waals surface area contributed by atoms with Crippen LogP contribution in [-0.2, 0) is 0 Å². The topological polar surface area (TPSA) is 25.8 Å². The number of hydrogen-bond donors (Lipinski definition) is 0. The SMILES string of the molecule is Clc1ccc(-c2cnc(Cl)nc2)cc1. The average Bonchev–Trinajstić information content (AvgIpc) is 2.21. The average molecular weight is 225 g/mol. The first-order chi connectivity index (χ1) is 6.75. The molecule has 2 aromatic rings. The van der Waals surface area contributed by atoms with Crippen LogP contribution in [0.25, 0.3) is 11.1 Å². The highest BCUT2D eigenvalue weighted by molar-refractivity contribution is 6.30. The van der Waals surface area contributed by atoms with E-state index >= 15 is 0 Å². The van der Waals surface area contributed by atoms with Gasteiger partial charge >= 0.3 is 0 Å². The number of halogens is 2. The van der Waals surface area contributed by atoms with E-state index in [4.69, 9.17) is 23.2 Å². The van der Waals surface area contributed by atoms with E-state index in [0.29, 0.717) is 5.02 Å². The van der Waals surface area contributed by atoms with E-state index in [0.717, 1.165) is 11.1 Å². The lowest BCUT2D eigenvalue weighted by atomic mass is 10.1. The Bertz CT molecular complexity index is 379. The molecule has 0 bridgehead atoms. The first-order valence-electron chi connectivity index (χ1n) is 3.99. The number of benzene rings is 1. The molecule has 14 heavy (non-hydrogen) atoms. The molecule has 2 rings (SSSR count). The number of rotatable bonds is 1. The lowest BCUT2D eigenvalue weighted by Crippen LogP contribution is -1.83. The van der Waals surface area contributed by atoms with Crippen LogP contribution in [0.3, 0.4) is 0 Å². The second-order valence-electron chi connectivity index (χ2n) is 2.75. The van der Waals surface area contributed by atoms with Crippen molar-refractivity contribution in [2.45, 2.75) is 0 Å². The third-order valence-electron chi connectivity index (χ3n) is 1.80. The Morgan fingerprint density at radius 2 is 1.36 bits per heavy atom. The van der Waals surface area contributed by atoms with Crippen molar-refractivity contribution in [3.05, 3.63) is 47.0 Å². The highest BCUT2D eigenvalue weighted by atomic mass is 35.5. The van der Waals surface area contributed by atoms with Gasteiger partial charge in [0.2, 0.25) is 5.28 Å². The summed E-state index contributed by atoms with van der Waals surface area (Å²) in [5, 5.41) is 0.964. The van der Waals surface area contributed by atoms with Gasteiger partial charge < -0.3 is 0 Å². The van der Waals surface area contributed by atoms with E-state index in [-0.39, 0.29) is 5.28 Å². The molecule has 2 nitrogen and oxygen atoms in total. The molecule has 0 amide bonds. The third-order valence-corrected chi connectivity index (χ3v) is 2.25. The molecule has 0 atom stereocenters. The summed E-state index contributed by atoms with van der Waals surface area (Å²) in [4.78, 5) is 7.80. The Labute approximate surface area is 91.5 Å². The second-order valence-corrected chi connectivity index (χ2v) is 3.52. The smallest absolute Gasteiger partial charge is 0.222 e. The van der Waals surface area contributed by atoms with E-state index in [2.05, 4.69) is 9.97 Å².